The first kappa shape index (κ1) is 22.6. The average Bonchev–Trinajstić information content (AvgIpc) is 3.11. The fourth-order valence-electron chi connectivity index (χ4n) is 4.66. The summed E-state index contributed by atoms with van der Waals surface area (Å²) in [5, 5.41) is 13.4. The number of amides is 1. The molecule has 7 nitrogen and oxygen atoms in total. The van der Waals surface area contributed by atoms with Crippen LogP contribution in [0.25, 0.3) is 10.9 Å². The number of benzene rings is 2. The first-order valence-corrected chi connectivity index (χ1v) is 11.0. The van der Waals surface area contributed by atoms with E-state index in [9.17, 15) is 19.1 Å². The SMILES string of the molecule is CCC(C(=O)O)n1c2c(c3cc(F)ccc31)C[C@@H](NC(=O)COc1ccccc1OC)CC2. The zero-order valence-corrected chi connectivity index (χ0v) is 18.6. The van der Waals surface area contributed by atoms with E-state index in [1.165, 1.54) is 19.2 Å². The Morgan fingerprint density at radius 3 is 2.70 bits per heavy atom. The summed E-state index contributed by atoms with van der Waals surface area (Å²) in [6.45, 7) is 1.67. The predicted octanol–water partition coefficient (Wildman–Crippen LogP) is 3.88. The highest BCUT2D eigenvalue weighted by molar-refractivity contribution is 5.88. The van der Waals surface area contributed by atoms with Crippen molar-refractivity contribution < 1.29 is 28.6 Å². The van der Waals surface area contributed by atoms with E-state index in [-0.39, 0.29) is 24.4 Å². The molecule has 1 aliphatic carbocycles. The van der Waals surface area contributed by atoms with E-state index < -0.39 is 12.0 Å². The predicted molar refractivity (Wildman–Crippen MR) is 121 cm³/mol. The minimum atomic E-state index is -0.912. The number of hydrogen-bond acceptors (Lipinski definition) is 4. The quantitative estimate of drug-likeness (QED) is 0.539. The first-order chi connectivity index (χ1) is 15.9. The van der Waals surface area contributed by atoms with Gasteiger partial charge in [-0.1, -0.05) is 19.1 Å². The standard InChI is InChI=1S/C25H27FN2O5/c1-3-19(25(30)31)28-20-10-8-15(26)12-17(20)18-13-16(9-11-21(18)28)27-24(29)14-33-23-7-5-4-6-22(23)32-2/h4-8,10,12,16,19H,3,9,11,13-14H2,1-2H3,(H,27,29)(H,30,31)/t16-,19?/m0/s1. The van der Waals surface area contributed by atoms with Crippen molar-refractivity contribution in [3.8, 4) is 11.5 Å². The van der Waals surface area contributed by atoms with E-state index in [0.717, 1.165) is 11.3 Å². The number of hydrogen-bond donors (Lipinski definition) is 2. The van der Waals surface area contributed by atoms with E-state index in [1.807, 2.05) is 17.6 Å². The molecule has 1 aliphatic rings. The van der Waals surface area contributed by atoms with Gasteiger partial charge >= 0.3 is 5.97 Å². The third kappa shape index (κ3) is 4.51. The topological polar surface area (TPSA) is 89.8 Å². The van der Waals surface area contributed by atoms with Crippen molar-refractivity contribution in [2.45, 2.75) is 44.7 Å². The second-order valence-electron chi connectivity index (χ2n) is 8.17. The number of fused-ring (bicyclic) bond motifs is 3. The molecule has 0 fully saturated rings. The van der Waals surface area contributed by atoms with Crippen molar-refractivity contribution >= 4 is 22.8 Å². The highest BCUT2D eigenvalue weighted by Gasteiger charge is 2.31. The van der Waals surface area contributed by atoms with Gasteiger partial charge in [0.05, 0.1) is 7.11 Å². The van der Waals surface area contributed by atoms with Crippen molar-refractivity contribution in [1.29, 1.82) is 0 Å². The van der Waals surface area contributed by atoms with Gasteiger partial charge in [0.2, 0.25) is 0 Å². The number of nitrogens with one attached hydrogen (secondary N) is 1. The first-order valence-electron chi connectivity index (χ1n) is 11.0. The van der Waals surface area contributed by atoms with Crippen LogP contribution in [0.1, 0.15) is 37.1 Å². The van der Waals surface area contributed by atoms with E-state index in [0.29, 0.717) is 48.1 Å². The monoisotopic (exact) mass is 454 g/mol. The summed E-state index contributed by atoms with van der Waals surface area (Å²) in [6, 6.07) is 10.7. The molecule has 2 atom stereocenters. The number of ether oxygens (including phenoxy) is 2. The fourth-order valence-corrected chi connectivity index (χ4v) is 4.66. The molecule has 1 unspecified atom stereocenters. The number of carbonyl (C=O) groups excluding carboxylic acids is 1. The zero-order chi connectivity index (χ0) is 23.5. The van der Waals surface area contributed by atoms with Crippen LogP contribution in [0, 0.1) is 5.82 Å². The molecule has 0 bridgehead atoms. The number of carbonyl (C=O) groups is 2. The van der Waals surface area contributed by atoms with Crippen LogP contribution < -0.4 is 14.8 Å². The molecular formula is C25H27FN2O5. The molecule has 3 aromatic rings. The molecule has 0 saturated heterocycles. The van der Waals surface area contributed by atoms with Gasteiger partial charge in [0.25, 0.3) is 5.91 Å². The second-order valence-corrected chi connectivity index (χ2v) is 8.17. The molecule has 0 spiro atoms. The van der Waals surface area contributed by atoms with Gasteiger partial charge in [-0.15, -0.1) is 0 Å². The highest BCUT2D eigenvalue weighted by atomic mass is 19.1. The van der Waals surface area contributed by atoms with E-state index in [2.05, 4.69) is 5.32 Å². The summed E-state index contributed by atoms with van der Waals surface area (Å²) in [5.74, 6) is -0.515. The Hall–Kier alpha value is -3.55. The molecule has 0 aliphatic heterocycles. The molecule has 33 heavy (non-hydrogen) atoms. The average molecular weight is 454 g/mol. The Morgan fingerprint density at radius 1 is 1.24 bits per heavy atom. The molecule has 174 valence electrons. The van der Waals surface area contributed by atoms with Crippen LogP contribution in [-0.4, -0.2) is 41.3 Å². The molecule has 2 aromatic carbocycles. The summed E-state index contributed by atoms with van der Waals surface area (Å²) in [7, 11) is 1.54. The van der Waals surface area contributed by atoms with Gasteiger partial charge in [-0.3, -0.25) is 4.79 Å². The number of rotatable bonds is 8. The van der Waals surface area contributed by atoms with Gasteiger partial charge in [0, 0.05) is 22.6 Å². The van der Waals surface area contributed by atoms with Crippen LogP contribution in [0.5, 0.6) is 11.5 Å². The molecule has 1 aromatic heterocycles. The summed E-state index contributed by atoms with van der Waals surface area (Å²) in [6.07, 6.45) is 2.16. The van der Waals surface area contributed by atoms with E-state index in [4.69, 9.17) is 9.47 Å². The largest absolute Gasteiger partial charge is 0.493 e. The Kier molecular flexibility index (Phi) is 6.53. The van der Waals surface area contributed by atoms with Gasteiger partial charge in [-0.05, 0) is 61.6 Å². The van der Waals surface area contributed by atoms with Crippen molar-refractivity contribution in [2.75, 3.05) is 13.7 Å². The molecule has 1 heterocycles. The molecule has 1 amide bonds. The van der Waals surface area contributed by atoms with Crippen LogP contribution in [0.3, 0.4) is 0 Å². The number of carboxylic acids is 1. The summed E-state index contributed by atoms with van der Waals surface area (Å²) in [5.41, 5.74) is 2.51. The van der Waals surface area contributed by atoms with Crippen molar-refractivity contribution in [3.05, 3.63) is 59.5 Å². The maximum atomic E-state index is 14.1. The zero-order valence-electron chi connectivity index (χ0n) is 18.6. The van der Waals surface area contributed by atoms with Crippen LogP contribution in [0.2, 0.25) is 0 Å². The third-order valence-corrected chi connectivity index (χ3v) is 6.14. The van der Waals surface area contributed by atoms with Crippen LogP contribution in [0.4, 0.5) is 4.39 Å². The number of carboxylic acid groups (broad SMARTS) is 1. The molecule has 4 rings (SSSR count). The van der Waals surface area contributed by atoms with Gasteiger partial charge in [0.15, 0.2) is 18.1 Å². The number of aromatic nitrogens is 1. The lowest BCUT2D eigenvalue weighted by molar-refractivity contribution is -0.141. The summed E-state index contributed by atoms with van der Waals surface area (Å²) >= 11 is 0. The Labute approximate surface area is 191 Å². The number of methoxy groups -OCH3 is 1. The van der Waals surface area contributed by atoms with Gasteiger partial charge in [-0.2, -0.15) is 0 Å². The lowest BCUT2D eigenvalue weighted by atomic mass is 9.91. The van der Waals surface area contributed by atoms with Crippen molar-refractivity contribution in [1.82, 2.24) is 9.88 Å². The van der Waals surface area contributed by atoms with Gasteiger partial charge in [0.1, 0.15) is 11.9 Å². The second kappa shape index (κ2) is 9.52. The normalized spacial score (nSPS) is 16.2. The smallest absolute Gasteiger partial charge is 0.326 e. The van der Waals surface area contributed by atoms with Gasteiger partial charge < -0.3 is 24.5 Å². The Balaban J connectivity index is 1.53. The minimum absolute atomic E-state index is 0.154. The molecular weight excluding hydrogens is 427 g/mol. The number of aliphatic carboxylic acids is 1. The highest BCUT2D eigenvalue weighted by Crippen LogP contribution is 2.36. The molecule has 2 N–H and O–H groups in total. The molecule has 0 radical (unpaired) electrons. The summed E-state index contributed by atoms with van der Waals surface area (Å²) < 4.78 is 26.7. The Morgan fingerprint density at radius 2 is 2.00 bits per heavy atom. The third-order valence-electron chi connectivity index (χ3n) is 6.14. The maximum absolute atomic E-state index is 14.1. The minimum Gasteiger partial charge on any atom is -0.493 e. The fraction of sp³-hybridized carbons (Fsp3) is 0.360. The molecule has 0 saturated carbocycles. The summed E-state index contributed by atoms with van der Waals surface area (Å²) in [4.78, 5) is 24.4. The van der Waals surface area contributed by atoms with Crippen LogP contribution in [-0.2, 0) is 22.4 Å². The molecule has 8 heteroatoms. The lowest BCUT2D eigenvalue weighted by Gasteiger charge is -2.26. The van der Waals surface area contributed by atoms with Gasteiger partial charge in [-0.25, -0.2) is 9.18 Å². The number of halogens is 1. The van der Waals surface area contributed by atoms with E-state index >= 15 is 0 Å². The van der Waals surface area contributed by atoms with E-state index in [1.54, 1.807) is 24.3 Å². The Bertz CT molecular complexity index is 1190. The van der Waals surface area contributed by atoms with Crippen LogP contribution >= 0.6 is 0 Å². The number of para-hydroxylation sites is 2. The maximum Gasteiger partial charge on any atom is 0.326 e. The number of nitrogens with zero attached hydrogens (tertiary/aromatic N) is 1. The van der Waals surface area contributed by atoms with Crippen molar-refractivity contribution in [2.24, 2.45) is 0 Å². The lowest BCUT2D eigenvalue weighted by Crippen LogP contribution is -2.41. The van der Waals surface area contributed by atoms with Crippen LogP contribution in [0.15, 0.2) is 42.5 Å². The van der Waals surface area contributed by atoms with Crippen molar-refractivity contribution in [3.63, 3.8) is 0 Å².